The first-order valence-corrected chi connectivity index (χ1v) is 7.96. The van der Waals surface area contributed by atoms with E-state index in [9.17, 15) is 18.0 Å². The lowest BCUT2D eigenvalue weighted by Gasteiger charge is -2.12. The van der Waals surface area contributed by atoms with Gasteiger partial charge in [0.1, 0.15) is 0 Å². The van der Waals surface area contributed by atoms with Crippen molar-refractivity contribution in [3.8, 4) is 0 Å². The summed E-state index contributed by atoms with van der Waals surface area (Å²) in [4.78, 5) is 12.0. The Balaban J connectivity index is 1.75. The Morgan fingerprint density at radius 3 is 2.50 bits per heavy atom. The van der Waals surface area contributed by atoms with Crippen LogP contribution < -0.4 is 10.6 Å². The van der Waals surface area contributed by atoms with E-state index in [0.717, 1.165) is 22.2 Å². The van der Waals surface area contributed by atoms with Gasteiger partial charge in [0.2, 0.25) is 0 Å². The molecule has 2 aromatic carbocycles. The lowest BCUT2D eigenvalue weighted by molar-refractivity contribution is -0.137. The van der Waals surface area contributed by atoms with Gasteiger partial charge in [-0.2, -0.15) is 13.2 Å². The van der Waals surface area contributed by atoms with E-state index >= 15 is 0 Å². The van der Waals surface area contributed by atoms with Gasteiger partial charge in [0.05, 0.1) is 15.6 Å². The van der Waals surface area contributed by atoms with Gasteiger partial charge in [-0.25, -0.2) is 4.79 Å². The number of halogens is 4. The van der Waals surface area contributed by atoms with E-state index in [-0.39, 0.29) is 5.69 Å². The summed E-state index contributed by atoms with van der Waals surface area (Å²) in [6.45, 7) is 0. The molecular weight excluding hydrogens is 361 g/mol. The number of anilines is 2. The van der Waals surface area contributed by atoms with Crippen LogP contribution in [0.15, 0.2) is 48.5 Å². The van der Waals surface area contributed by atoms with Crippen LogP contribution >= 0.6 is 22.9 Å². The molecule has 0 atom stereocenters. The van der Waals surface area contributed by atoms with Crippen LogP contribution in [-0.4, -0.2) is 6.03 Å². The zero-order valence-corrected chi connectivity index (χ0v) is 13.5. The number of urea groups is 1. The van der Waals surface area contributed by atoms with Crippen molar-refractivity contribution in [2.45, 2.75) is 6.18 Å². The molecule has 2 amide bonds. The van der Waals surface area contributed by atoms with Gasteiger partial charge < -0.3 is 5.32 Å². The fraction of sp³-hybridized carbons (Fsp3) is 0.0625. The molecule has 1 heterocycles. The Labute approximate surface area is 144 Å². The van der Waals surface area contributed by atoms with E-state index < -0.39 is 22.8 Å². The number of benzene rings is 2. The van der Waals surface area contributed by atoms with Crippen molar-refractivity contribution in [1.82, 2.24) is 0 Å². The molecule has 0 radical (unpaired) electrons. The highest BCUT2D eigenvalue weighted by Crippen LogP contribution is 2.36. The number of hydrogen-bond acceptors (Lipinski definition) is 2. The van der Waals surface area contributed by atoms with Crippen LogP contribution in [0.25, 0.3) is 10.1 Å². The van der Waals surface area contributed by atoms with Crippen molar-refractivity contribution in [1.29, 1.82) is 0 Å². The average molecular weight is 371 g/mol. The highest BCUT2D eigenvalue weighted by Gasteiger charge is 2.33. The Morgan fingerprint density at radius 1 is 1.04 bits per heavy atom. The van der Waals surface area contributed by atoms with Gasteiger partial charge in [-0.3, -0.25) is 5.32 Å². The SMILES string of the molecule is O=C(Nc1ccc(Cl)c(C(F)(F)F)c1)Nc1cc2ccccc2s1. The molecule has 0 aliphatic carbocycles. The Morgan fingerprint density at radius 2 is 1.79 bits per heavy atom. The molecule has 2 N–H and O–H groups in total. The Hall–Kier alpha value is -2.25. The third-order valence-corrected chi connectivity index (χ3v) is 4.55. The quantitative estimate of drug-likeness (QED) is 0.552. The Kier molecular flexibility index (Phi) is 4.38. The van der Waals surface area contributed by atoms with E-state index in [1.165, 1.54) is 17.4 Å². The molecular formula is C16H10ClF3N2OS. The van der Waals surface area contributed by atoms with Gasteiger partial charge >= 0.3 is 12.2 Å². The lowest BCUT2D eigenvalue weighted by atomic mass is 10.2. The molecule has 3 rings (SSSR count). The van der Waals surface area contributed by atoms with Gasteiger partial charge in [0, 0.05) is 10.4 Å². The second kappa shape index (κ2) is 6.33. The molecule has 0 saturated carbocycles. The van der Waals surface area contributed by atoms with E-state index in [4.69, 9.17) is 11.6 Å². The summed E-state index contributed by atoms with van der Waals surface area (Å²) >= 11 is 6.92. The van der Waals surface area contributed by atoms with E-state index in [0.29, 0.717) is 5.00 Å². The molecule has 8 heteroatoms. The summed E-state index contributed by atoms with van der Waals surface area (Å²) in [6.07, 6.45) is -4.59. The molecule has 0 spiro atoms. The van der Waals surface area contributed by atoms with E-state index in [1.54, 1.807) is 6.07 Å². The number of thiophene rings is 1. The van der Waals surface area contributed by atoms with Gasteiger partial charge in [0.15, 0.2) is 0 Å². The molecule has 3 nitrogen and oxygen atoms in total. The highest BCUT2D eigenvalue weighted by molar-refractivity contribution is 7.22. The van der Waals surface area contributed by atoms with Crippen molar-refractivity contribution in [3.05, 3.63) is 59.1 Å². The normalized spacial score (nSPS) is 11.5. The predicted molar refractivity (Wildman–Crippen MR) is 90.9 cm³/mol. The molecule has 0 unspecified atom stereocenters. The zero-order valence-electron chi connectivity index (χ0n) is 11.9. The fourth-order valence-electron chi connectivity index (χ4n) is 2.14. The largest absolute Gasteiger partial charge is 0.417 e. The average Bonchev–Trinajstić information content (AvgIpc) is 2.90. The number of fused-ring (bicyclic) bond motifs is 1. The number of alkyl halides is 3. The van der Waals surface area contributed by atoms with Crippen LogP contribution in [0.1, 0.15) is 5.56 Å². The monoisotopic (exact) mass is 370 g/mol. The zero-order chi connectivity index (χ0) is 17.3. The third-order valence-electron chi connectivity index (χ3n) is 3.19. The maximum atomic E-state index is 12.8. The molecule has 0 fully saturated rings. The number of carbonyl (C=O) groups excluding carboxylic acids is 1. The molecule has 124 valence electrons. The molecule has 0 saturated heterocycles. The van der Waals surface area contributed by atoms with Crippen LogP contribution in [0.3, 0.4) is 0 Å². The van der Waals surface area contributed by atoms with Crippen LogP contribution in [0.5, 0.6) is 0 Å². The first kappa shape index (κ1) is 16.6. The van der Waals surface area contributed by atoms with Crippen molar-refractivity contribution in [2.75, 3.05) is 10.6 Å². The number of amides is 2. The van der Waals surface area contributed by atoms with Gasteiger partial charge in [-0.15, -0.1) is 11.3 Å². The number of carbonyl (C=O) groups is 1. The standard InChI is InChI=1S/C16H10ClF3N2OS/c17-12-6-5-10(8-11(12)16(18,19)20)21-15(23)22-14-7-9-3-1-2-4-13(9)24-14/h1-8H,(H2,21,22,23). The second-order valence-electron chi connectivity index (χ2n) is 4.92. The van der Waals surface area contributed by atoms with Crippen LogP contribution in [-0.2, 0) is 6.18 Å². The van der Waals surface area contributed by atoms with Crippen molar-refractivity contribution in [2.24, 2.45) is 0 Å². The topological polar surface area (TPSA) is 41.1 Å². The maximum absolute atomic E-state index is 12.8. The summed E-state index contributed by atoms with van der Waals surface area (Å²) in [5, 5.41) is 6.13. The summed E-state index contributed by atoms with van der Waals surface area (Å²) in [5.74, 6) is 0. The van der Waals surface area contributed by atoms with Gasteiger partial charge in [0.25, 0.3) is 0 Å². The molecule has 0 bridgehead atoms. The van der Waals surface area contributed by atoms with Crippen molar-refractivity contribution >= 4 is 49.7 Å². The molecule has 3 aromatic rings. The summed E-state index contributed by atoms with van der Waals surface area (Å²) in [7, 11) is 0. The number of rotatable bonds is 2. The first-order chi connectivity index (χ1) is 11.3. The molecule has 1 aromatic heterocycles. The summed E-state index contributed by atoms with van der Waals surface area (Å²) in [5.41, 5.74) is -0.992. The van der Waals surface area contributed by atoms with Gasteiger partial charge in [-0.05, 0) is 35.7 Å². The minimum absolute atomic E-state index is 0.00494. The smallest absolute Gasteiger partial charge is 0.308 e. The van der Waals surface area contributed by atoms with Crippen molar-refractivity contribution < 1.29 is 18.0 Å². The van der Waals surface area contributed by atoms with E-state index in [2.05, 4.69) is 10.6 Å². The minimum Gasteiger partial charge on any atom is -0.308 e. The summed E-state index contributed by atoms with van der Waals surface area (Å²) in [6, 6.07) is 12.0. The summed E-state index contributed by atoms with van der Waals surface area (Å²) < 4.78 is 39.5. The van der Waals surface area contributed by atoms with E-state index in [1.807, 2.05) is 24.3 Å². The minimum atomic E-state index is -4.59. The second-order valence-corrected chi connectivity index (χ2v) is 6.41. The first-order valence-electron chi connectivity index (χ1n) is 6.76. The van der Waals surface area contributed by atoms with Crippen molar-refractivity contribution in [3.63, 3.8) is 0 Å². The molecule has 24 heavy (non-hydrogen) atoms. The Bertz CT molecular complexity index is 875. The van der Waals surface area contributed by atoms with Crippen LogP contribution in [0.2, 0.25) is 5.02 Å². The third kappa shape index (κ3) is 3.63. The maximum Gasteiger partial charge on any atom is 0.417 e. The predicted octanol–water partition coefficient (Wildman–Crippen LogP) is 6.22. The van der Waals surface area contributed by atoms with Crippen LogP contribution in [0, 0.1) is 0 Å². The van der Waals surface area contributed by atoms with Crippen LogP contribution in [0.4, 0.5) is 28.7 Å². The number of nitrogens with one attached hydrogen (secondary N) is 2. The molecule has 0 aliphatic heterocycles. The molecule has 0 aliphatic rings. The lowest BCUT2D eigenvalue weighted by Crippen LogP contribution is -2.19. The fourth-order valence-corrected chi connectivity index (χ4v) is 3.32. The van der Waals surface area contributed by atoms with Gasteiger partial charge in [-0.1, -0.05) is 29.8 Å². The highest BCUT2D eigenvalue weighted by atomic mass is 35.5. The number of hydrogen-bond donors (Lipinski definition) is 2.